The summed E-state index contributed by atoms with van der Waals surface area (Å²) in [5.74, 6) is 0.0707. The molecule has 0 aliphatic heterocycles. The van der Waals surface area contributed by atoms with Gasteiger partial charge >= 0.3 is 0 Å². The lowest BCUT2D eigenvalue weighted by Gasteiger charge is -2.08. The van der Waals surface area contributed by atoms with E-state index in [0.717, 1.165) is 17.8 Å². The zero-order valence-corrected chi connectivity index (χ0v) is 11.1. The maximum atomic E-state index is 11.5. The van der Waals surface area contributed by atoms with Crippen molar-refractivity contribution in [3.05, 3.63) is 17.5 Å². The van der Waals surface area contributed by atoms with Gasteiger partial charge in [-0.1, -0.05) is 13.8 Å². The van der Waals surface area contributed by atoms with Gasteiger partial charge in [-0.15, -0.1) is 0 Å². The number of hydrogen-bond acceptors (Lipinski definition) is 3. The van der Waals surface area contributed by atoms with Gasteiger partial charge in [0.15, 0.2) is 0 Å². The van der Waals surface area contributed by atoms with Gasteiger partial charge in [-0.3, -0.25) is 9.48 Å². The zero-order chi connectivity index (χ0) is 12.8. The summed E-state index contributed by atoms with van der Waals surface area (Å²) in [5, 5.41) is 10.2. The predicted octanol–water partition coefficient (Wildman–Crippen LogP) is 0.733. The molecule has 1 rings (SSSR count). The van der Waals surface area contributed by atoms with Crippen LogP contribution in [0.5, 0.6) is 0 Å². The first kappa shape index (κ1) is 13.7. The zero-order valence-electron chi connectivity index (χ0n) is 11.1. The molecule has 0 aliphatic carbocycles. The highest BCUT2D eigenvalue weighted by atomic mass is 16.1. The third kappa shape index (κ3) is 4.56. The average Bonchev–Trinajstić information content (AvgIpc) is 2.57. The van der Waals surface area contributed by atoms with Crippen LogP contribution in [0.25, 0.3) is 0 Å². The molecular weight excluding hydrogens is 216 g/mol. The highest BCUT2D eigenvalue weighted by Gasteiger charge is 2.06. The fraction of sp³-hybridized carbons (Fsp3) is 0.667. The molecule has 1 aromatic heterocycles. The second-order valence-corrected chi connectivity index (χ2v) is 4.51. The Labute approximate surface area is 103 Å². The maximum absolute atomic E-state index is 11.5. The molecule has 0 aromatic carbocycles. The van der Waals surface area contributed by atoms with Gasteiger partial charge in [-0.05, 0) is 6.92 Å². The van der Waals surface area contributed by atoms with Crippen LogP contribution in [0.2, 0.25) is 0 Å². The Hall–Kier alpha value is -1.36. The number of rotatable bonds is 6. The summed E-state index contributed by atoms with van der Waals surface area (Å²) in [6.45, 7) is 7.40. The second-order valence-electron chi connectivity index (χ2n) is 4.51. The molecule has 96 valence electrons. The van der Waals surface area contributed by atoms with Crippen molar-refractivity contribution in [2.75, 3.05) is 6.54 Å². The molecule has 0 saturated carbocycles. The first-order valence-corrected chi connectivity index (χ1v) is 5.98. The van der Waals surface area contributed by atoms with E-state index >= 15 is 0 Å². The molecule has 0 spiro atoms. The van der Waals surface area contributed by atoms with Crippen LogP contribution >= 0.6 is 0 Å². The van der Waals surface area contributed by atoms with Crippen LogP contribution in [0.4, 0.5) is 0 Å². The molecule has 0 fully saturated rings. The topological polar surface area (TPSA) is 59.0 Å². The maximum Gasteiger partial charge on any atom is 0.221 e. The molecule has 0 atom stereocenters. The summed E-state index contributed by atoms with van der Waals surface area (Å²) in [6, 6.07) is 0.420. The Kier molecular flexibility index (Phi) is 5.15. The van der Waals surface area contributed by atoms with Crippen molar-refractivity contribution in [3.63, 3.8) is 0 Å². The van der Waals surface area contributed by atoms with Crippen LogP contribution in [0.1, 0.15) is 31.5 Å². The lowest BCUT2D eigenvalue weighted by molar-refractivity contribution is -0.121. The van der Waals surface area contributed by atoms with E-state index in [4.69, 9.17) is 0 Å². The van der Waals surface area contributed by atoms with Crippen molar-refractivity contribution >= 4 is 5.91 Å². The van der Waals surface area contributed by atoms with E-state index in [1.807, 2.05) is 18.7 Å². The number of carbonyl (C=O) groups is 1. The van der Waals surface area contributed by atoms with Crippen molar-refractivity contribution in [3.8, 4) is 0 Å². The van der Waals surface area contributed by atoms with E-state index < -0.39 is 0 Å². The number of carbonyl (C=O) groups excluding carboxylic acids is 1. The third-order valence-electron chi connectivity index (χ3n) is 2.72. The average molecular weight is 238 g/mol. The molecule has 1 aromatic rings. The molecule has 17 heavy (non-hydrogen) atoms. The Morgan fingerprint density at radius 2 is 2.24 bits per heavy atom. The lowest BCUT2D eigenvalue weighted by atomic mass is 10.2. The molecule has 0 unspecified atom stereocenters. The minimum Gasteiger partial charge on any atom is -0.352 e. The van der Waals surface area contributed by atoms with Crippen molar-refractivity contribution < 1.29 is 4.79 Å². The first-order valence-electron chi connectivity index (χ1n) is 5.98. The fourth-order valence-electron chi connectivity index (χ4n) is 1.47. The van der Waals surface area contributed by atoms with E-state index in [-0.39, 0.29) is 5.91 Å². The lowest BCUT2D eigenvalue weighted by Crippen LogP contribution is -2.30. The summed E-state index contributed by atoms with van der Waals surface area (Å²) in [6.07, 6.45) is 2.31. The second kappa shape index (κ2) is 6.39. The third-order valence-corrected chi connectivity index (χ3v) is 2.72. The Balaban J connectivity index is 2.26. The van der Waals surface area contributed by atoms with Gasteiger partial charge in [-0.2, -0.15) is 5.10 Å². The molecule has 1 amide bonds. The van der Waals surface area contributed by atoms with Crippen LogP contribution in [0.15, 0.2) is 6.20 Å². The van der Waals surface area contributed by atoms with Gasteiger partial charge in [0, 0.05) is 43.9 Å². The minimum absolute atomic E-state index is 0.0707. The molecular formula is C12H22N4O. The number of hydrogen-bond donors (Lipinski definition) is 2. The normalized spacial score (nSPS) is 10.9. The number of nitrogens with zero attached hydrogens (tertiary/aromatic N) is 2. The fourth-order valence-corrected chi connectivity index (χ4v) is 1.47. The minimum atomic E-state index is 0.0707. The SMILES string of the molecule is Cc1c(CNC(=O)CCNC(C)C)cnn1C. The van der Waals surface area contributed by atoms with Gasteiger partial charge in [0.05, 0.1) is 6.20 Å². The van der Waals surface area contributed by atoms with Gasteiger partial charge in [0.1, 0.15) is 0 Å². The summed E-state index contributed by atoms with van der Waals surface area (Å²) in [5.41, 5.74) is 2.16. The van der Waals surface area contributed by atoms with E-state index in [9.17, 15) is 4.79 Å². The highest BCUT2D eigenvalue weighted by molar-refractivity contribution is 5.76. The van der Waals surface area contributed by atoms with Crippen LogP contribution in [0.3, 0.4) is 0 Å². The molecule has 0 aliphatic rings. The van der Waals surface area contributed by atoms with Gasteiger partial charge < -0.3 is 10.6 Å². The summed E-state index contributed by atoms with van der Waals surface area (Å²) in [7, 11) is 1.90. The molecule has 5 nitrogen and oxygen atoms in total. The largest absolute Gasteiger partial charge is 0.352 e. The number of aryl methyl sites for hydroxylation is 1. The van der Waals surface area contributed by atoms with Gasteiger partial charge in [-0.25, -0.2) is 0 Å². The number of aromatic nitrogens is 2. The molecule has 0 radical (unpaired) electrons. The monoisotopic (exact) mass is 238 g/mol. The smallest absolute Gasteiger partial charge is 0.221 e. The summed E-state index contributed by atoms with van der Waals surface area (Å²) < 4.78 is 1.81. The van der Waals surface area contributed by atoms with Crippen LogP contribution in [-0.4, -0.2) is 28.3 Å². The van der Waals surface area contributed by atoms with Crippen molar-refractivity contribution in [2.24, 2.45) is 7.05 Å². The standard InChI is InChI=1S/C12H22N4O/c1-9(2)13-6-5-12(17)14-7-11-8-15-16(4)10(11)3/h8-9,13H,5-7H2,1-4H3,(H,14,17). The van der Waals surface area contributed by atoms with E-state index in [1.54, 1.807) is 6.20 Å². The Bertz CT molecular complexity index is 371. The molecule has 2 N–H and O–H groups in total. The molecule has 0 bridgehead atoms. The van der Waals surface area contributed by atoms with E-state index in [0.29, 0.717) is 19.0 Å². The Morgan fingerprint density at radius 1 is 1.53 bits per heavy atom. The van der Waals surface area contributed by atoms with Crippen molar-refractivity contribution in [1.29, 1.82) is 0 Å². The van der Waals surface area contributed by atoms with E-state index in [2.05, 4.69) is 29.6 Å². The van der Waals surface area contributed by atoms with Crippen LogP contribution in [-0.2, 0) is 18.4 Å². The quantitative estimate of drug-likeness (QED) is 0.768. The van der Waals surface area contributed by atoms with Crippen molar-refractivity contribution in [2.45, 2.75) is 39.8 Å². The number of amides is 1. The highest BCUT2D eigenvalue weighted by Crippen LogP contribution is 2.04. The van der Waals surface area contributed by atoms with E-state index in [1.165, 1.54) is 0 Å². The first-order chi connectivity index (χ1) is 8.00. The molecule has 5 heteroatoms. The summed E-state index contributed by atoms with van der Waals surface area (Å²) >= 11 is 0. The van der Waals surface area contributed by atoms with Crippen molar-refractivity contribution in [1.82, 2.24) is 20.4 Å². The number of nitrogens with one attached hydrogen (secondary N) is 2. The Morgan fingerprint density at radius 3 is 2.76 bits per heavy atom. The molecule has 0 saturated heterocycles. The molecule has 1 heterocycles. The van der Waals surface area contributed by atoms with Crippen LogP contribution in [0, 0.1) is 6.92 Å². The van der Waals surface area contributed by atoms with Crippen LogP contribution < -0.4 is 10.6 Å². The van der Waals surface area contributed by atoms with Gasteiger partial charge in [0.25, 0.3) is 0 Å². The van der Waals surface area contributed by atoms with Gasteiger partial charge in [0.2, 0.25) is 5.91 Å². The summed E-state index contributed by atoms with van der Waals surface area (Å²) in [4.78, 5) is 11.5. The predicted molar refractivity (Wildman–Crippen MR) is 67.5 cm³/mol.